The first-order chi connectivity index (χ1) is 11.3. The summed E-state index contributed by atoms with van der Waals surface area (Å²) >= 11 is 0. The second-order valence-electron chi connectivity index (χ2n) is 7.08. The lowest BCUT2D eigenvalue weighted by Crippen LogP contribution is -2.48. The normalized spacial score (nSPS) is 21.7. The van der Waals surface area contributed by atoms with Gasteiger partial charge in [-0.05, 0) is 65.7 Å². The van der Waals surface area contributed by atoms with E-state index >= 15 is 0 Å². The number of hydrogen-bond acceptors (Lipinski definition) is 4. The van der Waals surface area contributed by atoms with Crippen LogP contribution in [0.25, 0.3) is 0 Å². The van der Waals surface area contributed by atoms with Crippen LogP contribution in [0.15, 0.2) is 0 Å². The minimum absolute atomic E-state index is 0.798. The van der Waals surface area contributed by atoms with E-state index in [4.69, 9.17) is 8.85 Å². The van der Waals surface area contributed by atoms with E-state index in [-0.39, 0.29) is 0 Å². The van der Waals surface area contributed by atoms with Gasteiger partial charge in [0.1, 0.15) is 0 Å². The number of likely N-dealkylation sites (tertiary alicyclic amines) is 2. The summed E-state index contributed by atoms with van der Waals surface area (Å²) in [4.78, 5) is 5.26. The van der Waals surface area contributed by atoms with Crippen LogP contribution < -0.4 is 0 Å². The Bertz CT molecular complexity index is 275. The number of piperidine rings is 2. The van der Waals surface area contributed by atoms with E-state index < -0.39 is 8.56 Å². The quantitative estimate of drug-likeness (QED) is 0.568. The molecule has 2 rings (SSSR count). The molecule has 2 aliphatic rings. The number of hydrogen-bond donors (Lipinski definition) is 0. The van der Waals surface area contributed by atoms with Gasteiger partial charge in [0, 0.05) is 38.4 Å². The van der Waals surface area contributed by atoms with Gasteiger partial charge in [0.2, 0.25) is 0 Å². The Balaban J connectivity index is 1.86. The van der Waals surface area contributed by atoms with Gasteiger partial charge in [-0.3, -0.25) is 0 Å². The molecule has 5 heteroatoms. The van der Waals surface area contributed by atoms with Crippen LogP contribution in [0, 0.1) is 0 Å². The van der Waals surface area contributed by atoms with Crippen molar-refractivity contribution in [3.05, 3.63) is 0 Å². The molecule has 0 aromatic carbocycles. The van der Waals surface area contributed by atoms with Crippen molar-refractivity contribution in [2.24, 2.45) is 0 Å². The zero-order valence-electron chi connectivity index (χ0n) is 15.5. The van der Waals surface area contributed by atoms with Gasteiger partial charge < -0.3 is 18.7 Å². The molecule has 0 saturated carbocycles. The standard InChI is InChI=1S/C18H38N2O2Si/c1-3-21-23(22-4-2,17-15-19-11-7-5-8-12-19)18-16-20-13-9-6-10-14-20/h3-18H2,1-2H3. The molecule has 2 aliphatic heterocycles. The third-order valence-electron chi connectivity index (χ3n) is 5.33. The van der Waals surface area contributed by atoms with Gasteiger partial charge in [0.25, 0.3) is 0 Å². The van der Waals surface area contributed by atoms with Crippen LogP contribution in [0.4, 0.5) is 0 Å². The smallest absolute Gasteiger partial charge is 0.340 e. The number of nitrogens with zero attached hydrogens (tertiary/aromatic N) is 2. The fourth-order valence-electron chi connectivity index (χ4n) is 4.00. The summed E-state index contributed by atoms with van der Waals surface area (Å²) in [6.07, 6.45) is 8.28. The molecule has 0 radical (unpaired) electrons. The molecule has 0 spiro atoms. The first kappa shape index (κ1) is 19.4. The molecule has 0 N–H and O–H groups in total. The van der Waals surface area contributed by atoms with E-state index in [1.165, 1.54) is 77.8 Å². The van der Waals surface area contributed by atoms with Crippen LogP contribution >= 0.6 is 0 Å². The molecule has 0 aliphatic carbocycles. The minimum Gasteiger partial charge on any atom is -0.394 e. The summed E-state index contributed by atoms with van der Waals surface area (Å²) in [5, 5.41) is 0. The highest BCUT2D eigenvalue weighted by atomic mass is 28.4. The van der Waals surface area contributed by atoms with E-state index in [1.807, 2.05) is 0 Å². The van der Waals surface area contributed by atoms with Crippen LogP contribution in [-0.2, 0) is 8.85 Å². The summed E-state index contributed by atoms with van der Waals surface area (Å²) in [6, 6.07) is 2.28. The molecule has 2 saturated heterocycles. The fourth-order valence-corrected chi connectivity index (χ4v) is 7.28. The average molecular weight is 343 g/mol. The van der Waals surface area contributed by atoms with E-state index in [0.29, 0.717) is 0 Å². The largest absolute Gasteiger partial charge is 0.394 e. The molecule has 23 heavy (non-hydrogen) atoms. The van der Waals surface area contributed by atoms with Gasteiger partial charge in [0.15, 0.2) is 0 Å². The van der Waals surface area contributed by atoms with Crippen molar-refractivity contribution in [2.45, 2.75) is 64.5 Å². The first-order valence-electron chi connectivity index (χ1n) is 10.0. The van der Waals surface area contributed by atoms with Gasteiger partial charge >= 0.3 is 8.56 Å². The molecule has 0 atom stereocenters. The third-order valence-corrected chi connectivity index (χ3v) is 8.93. The molecule has 0 unspecified atom stereocenters. The summed E-state index contributed by atoms with van der Waals surface area (Å²) in [7, 11) is -2.05. The Morgan fingerprint density at radius 1 is 0.652 bits per heavy atom. The monoisotopic (exact) mass is 342 g/mol. The zero-order chi connectivity index (χ0) is 16.4. The molecule has 4 nitrogen and oxygen atoms in total. The lowest BCUT2D eigenvalue weighted by atomic mass is 10.1. The van der Waals surface area contributed by atoms with Gasteiger partial charge in [-0.25, -0.2) is 0 Å². The molecule has 0 aromatic rings. The second-order valence-corrected chi connectivity index (χ2v) is 10.5. The Hall–Kier alpha value is 0.0569. The van der Waals surface area contributed by atoms with Crippen LogP contribution in [0.1, 0.15) is 52.4 Å². The number of rotatable bonds is 10. The lowest BCUT2D eigenvalue weighted by Gasteiger charge is -2.36. The topological polar surface area (TPSA) is 24.9 Å². The van der Waals surface area contributed by atoms with Crippen molar-refractivity contribution in [2.75, 3.05) is 52.5 Å². The van der Waals surface area contributed by atoms with Crippen molar-refractivity contribution < 1.29 is 8.85 Å². The predicted octanol–water partition coefficient (Wildman–Crippen LogP) is 3.47. The van der Waals surface area contributed by atoms with E-state index in [2.05, 4.69) is 23.6 Å². The van der Waals surface area contributed by atoms with Crippen LogP contribution in [0.3, 0.4) is 0 Å². The maximum atomic E-state index is 6.32. The van der Waals surface area contributed by atoms with E-state index in [9.17, 15) is 0 Å². The van der Waals surface area contributed by atoms with Crippen LogP contribution in [0.5, 0.6) is 0 Å². The molecular formula is C18H38N2O2Si. The van der Waals surface area contributed by atoms with Crippen molar-refractivity contribution in [1.82, 2.24) is 9.80 Å². The SMILES string of the molecule is CCO[Si](CCN1CCCCC1)(CCN1CCCCC1)OCC. The average Bonchev–Trinajstić information content (AvgIpc) is 2.60. The Morgan fingerprint density at radius 2 is 1.04 bits per heavy atom. The predicted molar refractivity (Wildman–Crippen MR) is 99.2 cm³/mol. The molecule has 0 amide bonds. The second kappa shape index (κ2) is 10.8. The Labute approximate surface area is 144 Å². The van der Waals surface area contributed by atoms with Gasteiger partial charge in [-0.15, -0.1) is 0 Å². The van der Waals surface area contributed by atoms with Crippen molar-refractivity contribution >= 4 is 8.56 Å². The fraction of sp³-hybridized carbons (Fsp3) is 1.00. The molecular weight excluding hydrogens is 304 g/mol. The summed E-state index contributed by atoms with van der Waals surface area (Å²) in [5.41, 5.74) is 0. The lowest BCUT2D eigenvalue weighted by molar-refractivity contribution is 0.161. The third kappa shape index (κ3) is 6.82. The molecule has 2 fully saturated rings. The zero-order valence-corrected chi connectivity index (χ0v) is 16.5. The van der Waals surface area contributed by atoms with Crippen molar-refractivity contribution in [3.8, 4) is 0 Å². The summed E-state index contributed by atoms with van der Waals surface area (Å²) < 4.78 is 12.6. The highest BCUT2D eigenvalue weighted by molar-refractivity contribution is 6.67. The molecule has 2 heterocycles. The van der Waals surface area contributed by atoms with Crippen molar-refractivity contribution in [1.29, 1.82) is 0 Å². The van der Waals surface area contributed by atoms with E-state index in [0.717, 1.165) is 25.3 Å². The van der Waals surface area contributed by atoms with E-state index in [1.54, 1.807) is 0 Å². The highest BCUT2D eigenvalue weighted by Gasteiger charge is 2.37. The highest BCUT2D eigenvalue weighted by Crippen LogP contribution is 2.23. The Kier molecular flexibility index (Phi) is 9.12. The summed E-state index contributed by atoms with van der Waals surface area (Å²) in [6.45, 7) is 13.3. The maximum absolute atomic E-state index is 6.32. The molecule has 0 aromatic heterocycles. The van der Waals surface area contributed by atoms with Gasteiger partial charge in [-0.1, -0.05) is 12.8 Å². The van der Waals surface area contributed by atoms with Crippen molar-refractivity contribution in [3.63, 3.8) is 0 Å². The first-order valence-corrected chi connectivity index (χ1v) is 12.2. The Morgan fingerprint density at radius 3 is 1.39 bits per heavy atom. The molecule has 0 bridgehead atoms. The summed E-state index contributed by atoms with van der Waals surface area (Å²) in [5.74, 6) is 0. The maximum Gasteiger partial charge on any atom is 0.340 e. The minimum atomic E-state index is -2.05. The molecule has 136 valence electrons. The van der Waals surface area contributed by atoms with Gasteiger partial charge in [-0.2, -0.15) is 0 Å². The van der Waals surface area contributed by atoms with Crippen LogP contribution in [-0.4, -0.2) is 70.8 Å². The van der Waals surface area contributed by atoms with Crippen LogP contribution in [0.2, 0.25) is 12.1 Å². The van der Waals surface area contributed by atoms with Gasteiger partial charge in [0.05, 0.1) is 0 Å².